The zero-order valence-electron chi connectivity index (χ0n) is 14.7. The molecule has 1 unspecified atom stereocenters. The molecule has 0 aliphatic carbocycles. The van der Waals surface area contributed by atoms with Gasteiger partial charge in [-0.2, -0.15) is 0 Å². The maximum atomic E-state index is 13.7. The Morgan fingerprint density at radius 3 is 2.86 bits per heavy atom. The Hall–Kier alpha value is -2.90. The van der Waals surface area contributed by atoms with Crippen molar-refractivity contribution in [3.05, 3.63) is 76.1 Å². The fourth-order valence-corrected chi connectivity index (χ4v) is 4.19. The smallest absolute Gasteiger partial charge is 0.262 e. The van der Waals surface area contributed by atoms with E-state index in [9.17, 15) is 9.18 Å². The first-order chi connectivity index (χ1) is 13.4. The molecule has 0 aliphatic heterocycles. The molecule has 3 heterocycles. The van der Waals surface area contributed by atoms with E-state index in [2.05, 4.69) is 4.98 Å². The van der Waals surface area contributed by atoms with Gasteiger partial charge in [-0.3, -0.25) is 9.20 Å². The molecule has 8 heteroatoms. The lowest BCUT2D eigenvalue weighted by atomic mass is 10.1. The molecule has 1 atom stereocenters. The van der Waals surface area contributed by atoms with Crippen LogP contribution in [0.3, 0.4) is 0 Å². The van der Waals surface area contributed by atoms with Crippen molar-refractivity contribution in [3.8, 4) is 16.3 Å². The third kappa shape index (κ3) is 3.34. The fraction of sp³-hybridized carbons (Fsp3) is 0.100. The number of nitrogens with zero attached hydrogens (tertiary/aromatic N) is 2. The SMILES string of the molecule is CC(Oc1cc(-c2cnc3ccc(F)cn23)sc1C(N)=O)c1ccccc1Cl. The predicted molar refractivity (Wildman–Crippen MR) is 107 cm³/mol. The Labute approximate surface area is 169 Å². The van der Waals surface area contributed by atoms with Crippen LogP contribution in [0.15, 0.2) is 54.9 Å². The number of carbonyl (C=O) groups is 1. The van der Waals surface area contributed by atoms with Crippen LogP contribution in [0.25, 0.3) is 16.2 Å². The molecule has 142 valence electrons. The van der Waals surface area contributed by atoms with Gasteiger partial charge in [-0.25, -0.2) is 9.37 Å². The number of benzene rings is 1. The summed E-state index contributed by atoms with van der Waals surface area (Å²) >= 11 is 7.41. The summed E-state index contributed by atoms with van der Waals surface area (Å²) in [7, 11) is 0. The van der Waals surface area contributed by atoms with E-state index in [1.165, 1.54) is 23.6 Å². The summed E-state index contributed by atoms with van der Waals surface area (Å²) in [6.07, 6.45) is 2.56. The summed E-state index contributed by atoms with van der Waals surface area (Å²) < 4.78 is 21.3. The van der Waals surface area contributed by atoms with Gasteiger partial charge in [0, 0.05) is 22.8 Å². The lowest BCUT2D eigenvalue weighted by Crippen LogP contribution is -2.12. The van der Waals surface area contributed by atoms with E-state index in [1.807, 2.05) is 25.1 Å². The number of pyridine rings is 1. The summed E-state index contributed by atoms with van der Waals surface area (Å²) in [5, 5.41) is 0.573. The van der Waals surface area contributed by atoms with Crippen LogP contribution in [0.2, 0.25) is 5.02 Å². The van der Waals surface area contributed by atoms with Gasteiger partial charge in [-0.1, -0.05) is 29.8 Å². The highest BCUT2D eigenvalue weighted by atomic mass is 35.5. The lowest BCUT2D eigenvalue weighted by Gasteiger charge is -2.16. The Bertz CT molecular complexity index is 1190. The standard InChI is InChI=1S/C20H15ClFN3O2S/c1-11(13-4-2-3-5-14(13)21)27-16-8-17(28-19(16)20(23)26)15-9-24-18-7-6-12(22)10-25(15)18/h2-11H,1H3,(H2,23,26). The zero-order valence-corrected chi connectivity index (χ0v) is 16.3. The summed E-state index contributed by atoms with van der Waals surface area (Å²) in [6.45, 7) is 1.84. The number of thiophene rings is 1. The number of halogens is 2. The fourth-order valence-electron chi connectivity index (χ4n) is 2.96. The first-order valence-corrected chi connectivity index (χ1v) is 9.61. The average Bonchev–Trinajstić information content (AvgIpc) is 3.25. The normalized spacial score (nSPS) is 12.2. The van der Waals surface area contributed by atoms with Gasteiger partial charge >= 0.3 is 0 Å². The van der Waals surface area contributed by atoms with E-state index in [0.29, 0.717) is 27.0 Å². The molecule has 0 aliphatic rings. The van der Waals surface area contributed by atoms with Crippen molar-refractivity contribution < 1.29 is 13.9 Å². The Morgan fingerprint density at radius 2 is 2.11 bits per heavy atom. The van der Waals surface area contributed by atoms with Crippen LogP contribution in [-0.2, 0) is 0 Å². The van der Waals surface area contributed by atoms with Crippen molar-refractivity contribution in [2.45, 2.75) is 13.0 Å². The third-order valence-corrected chi connectivity index (χ3v) is 5.79. The van der Waals surface area contributed by atoms with Crippen molar-refractivity contribution in [3.63, 3.8) is 0 Å². The molecule has 3 aromatic heterocycles. The highest BCUT2D eigenvalue weighted by Crippen LogP contribution is 2.39. The minimum Gasteiger partial charge on any atom is -0.484 e. The molecule has 2 N–H and O–H groups in total. The van der Waals surface area contributed by atoms with E-state index in [1.54, 1.807) is 28.8 Å². The molecule has 4 rings (SSSR count). The van der Waals surface area contributed by atoms with Gasteiger partial charge in [-0.05, 0) is 25.1 Å². The van der Waals surface area contributed by atoms with Crippen molar-refractivity contribution in [1.29, 1.82) is 0 Å². The first kappa shape index (κ1) is 18.5. The average molecular weight is 416 g/mol. The van der Waals surface area contributed by atoms with Crippen LogP contribution in [-0.4, -0.2) is 15.3 Å². The first-order valence-electron chi connectivity index (χ1n) is 8.41. The number of nitrogens with two attached hydrogens (primary N) is 1. The summed E-state index contributed by atoms with van der Waals surface area (Å²) in [6, 6.07) is 12.0. The van der Waals surface area contributed by atoms with Gasteiger partial charge in [0.1, 0.15) is 28.2 Å². The number of primary amides is 1. The van der Waals surface area contributed by atoms with E-state index in [0.717, 1.165) is 5.56 Å². The predicted octanol–water partition coefficient (Wildman–Crippen LogP) is 5.09. The van der Waals surface area contributed by atoms with Crippen LogP contribution >= 0.6 is 22.9 Å². The molecule has 0 bridgehead atoms. The van der Waals surface area contributed by atoms with Gasteiger partial charge in [0.05, 0.1) is 16.8 Å². The molecule has 0 fully saturated rings. The largest absolute Gasteiger partial charge is 0.484 e. The molecular formula is C20H15ClFN3O2S. The van der Waals surface area contributed by atoms with Gasteiger partial charge in [0.2, 0.25) is 0 Å². The van der Waals surface area contributed by atoms with Crippen molar-refractivity contribution in [2.75, 3.05) is 0 Å². The van der Waals surface area contributed by atoms with Crippen LogP contribution < -0.4 is 10.5 Å². The van der Waals surface area contributed by atoms with Gasteiger partial charge in [-0.15, -0.1) is 11.3 Å². The second-order valence-corrected chi connectivity index (χ2v) is 7.63. The lowest BCUT2D eigenvalue weighted by molar-refractivity contribution is 0.0998. The van der Waals surface area contributed by atoms with E-state index in [-0.39, 0.29) is 10.7 Å². The summed E-state index contributed by atoms with van der Waals surface area (Å²) in [5.74, 6) is -0.633. The maximum absolute atomic E-state index is 13.7. The number of rotatable bonds is 5. The van der Waals surface area contributed by atoms with E-state index in [4.69, 9.17) is 22.1 Å². The minimum atomic E-state index is -0.599. The summed E-state index contributed by atoms with van der Waals surface area (Å²) in [4.78, 5) is 17.2. The second-order valence-electron chi connectivity index (χ2n) is 6.17. The highest BCUT2D eigenvalue weighted by Gasteiger charge is 2.21. The molecular weight excluding hydrogens is 401 g/mol. The molecule has 0 saturated heterocycles. The van der Waals surface area contributed by atoms with E-state index >= 15 is 0 Å². The number of hydrogen-bond acceptors (Lipinski definition) is 4. The van der Waals surface area contributed by atoms with Crippen molar-refractivity contribution in [2.24, 2.45) is 5.73 Å². The second kappa shape index (κ2) is 7.26. The number of imidazole rings is 1. The monoisotopic (exact) mass is 415 g/mol. The Balaban J connectivity index is 1.75. The van der Waals surface area contributed by atoms with Crippen molar-refractivity contribution >= 4 is 34.5 Å². The number of aromatic nitrogens is 2. The number of hydrogen-bond donors (Lipinski definition) is 1. The molecule has 28 heavy (non-hydrogen) atoms. The number of ether oxygens (including phenoxy) is 1. The number of fused-ring (bicyclic) bond motifs is 1. The van der Waals surface area contributed by atoms with Gasteiger partial charge < -0.3 is 10.5 Å². The Kier molecular flexibility index (Phi) is 4.78. The Morgan fingerprint density at radius 1 is 1.32 bits per heavy atom. The van der Waals surface area contributed by atoms with Gasteiger partial charge in [0.25, 0.3) is 5.91 Å². The molecule has 0 radical (unpaired) electrons. The molecule has 0 saturated carbocycles. The molecule has 0 spiro atoms. The zero-order chi connectivity index (χ0) is 19.8. The molecule has 4 aromatic rings. The quantitative estimate of drug-likeness (QED) is 0.493. The van der Waals surface area contributed by atoms with Crippen LogP contribution in [0.1, 0.15) is 28.3 Å². The highest BCUT2D eigenvalue weighted by molar-refractivity contribution is 7.17. The van der Waals surface area contributed by atoms with Crippen LogP contribution in [0, 0.1) is 5.82 Å². The van der Waals surface area contributed by atoms with Crippen molar-refractivity contribution in [1.82, 2.24) is 9.38 Å². The maximum Gasteiger partial charge on any atom is 0.262 e. The van der Waals surface area contributed by atoms with E-state index < -0.39 is 12.0 Å². The van der Waals surface area contributed by atoms with Crippen LogP contribution in [0.5, 0.6) is 5.75 Å². The topological polar surface area (TPSA) is 69.6 Å². The number of amides is 1. The molecule has 1 aromatic carbocycles. The molecule has 1 amide bonds. The summed E-state index contributed by atoms with van der Waals surface area (Å²) in [5.41, 5.74) is 7.58. The van der Waals surface area contributed by atoms with Gasteiger partial charge in [0.15, 0.2) is 0 Å². The third-order valence-electron chi connectivity index (χ3n) is 4.29. The molecule has 5 nitrogen and oxygen atoms in total. The van der Waals surface area contributed by atoms with Crippen LogP contribution in [0.4, 0.5) is 4.39 Å². The number of carbonyl (C=O) groups excluding carboxylic acids is 1. The minimum absolute atomic E-state index is 0.278.